The van der Waals surface area contributed by atoms with Crippen LogP contribution in [0.2, 0.25) is 10.0 Å². The lowest BCUT2D eigenvalue weighted by Crippen LogP contribution is -2.49. The summed E-state index contributed by atoms with van der Waals surface area (Å²) in [7, 11) is 0. The molecule has 0 bridgehead atoms. The van der Waals surface area contributed by atoms with E-state index in [0.29, 0.717) is 17.9 Å². The molecule has 0 aromatic heterocycles. The van der Waals surface area contributed by atoms with Gasteiger partial charge in [0.15, 0.2) is 6.61 Å². The van der Waals surface area contributed by atoms with Crippen molar-refractivity contribution >= 4 is 116 Å². The summed E-state index contributed by atoms with van der Waals surface area (Å²) in [5.74, 6) is -3.38. The van der Waals surface area contributed by atoms with Gasteiger partial charge in [-0.25, -0.2) is 4.79 Å². The Hall–Kier alpha value is -0.980. The number of anilines is 1. The maximum atomic E-state index is 13.2. The van der Waals surface area contributed by atoms with Crippen LogP contribution in [0.25, 0.3) is 0 Å². The second-order valence-corrected chi connectivity index (χ2v) is 11.4. The lowest BCUT2D eigenvalue weighted by Gasteiger charge is -2.27. The van der Waals surface area contributed by atoms with Crippen LogP contribution in [0.4, 0.5) is 5.69 Å². The average Bonchev–Trinajstić information content (AvgIpc) is 3.03. The number of halogens is 6. The minimum Gasteiger partial charge on any atom is -0.454 e. The van der Waals surface area contributed by atoms with E-state index in [1.54, 1.807) is 26.0 Å². The number of nitrogens with one attached hydrogen (secondary N) is 1. The molecule has 3 amide bonds. The molecule has 3 rings (SSSR count). The Kier molecular flexibility index (Phi) is 8.90. The van der Waals surface area contributed by atoms with Crippen molar-refractivity contribution in [2.24, 2.45) is 5.92 Å². The molecule has 2 aromatic carbocycles. The van der Waals surface area contributed by atoms with Crippen molar-refractivity contribution in [1.29, 1.82) is 0 Å². The molecule has 1 atom stereocenters. The molecule has 7 nitrogen and oxygen atoms in total. The number of hydrogen-bond donors (Lipinski definition) is 1. The monoisotopic (exact) mass is 760 g/mol. The SMILES string of the molecule is CC(C)C(C(=O)OCC(=O)Nc1cccc(Cl)c1Cl)N1C(=O)c2c(Br)c(Br)c(Br)c(Br)c2C1=O. The van der Waals surface area contributed by atoms with Gasteiger partial charge in [0.1, 0.15) is 6.04 Å². The summed E-state index contributed by atoms with van der Waals surface area (Å²) >= 11 is 25.4. The Bertz CT molecular complexity index is 1190. The molecule has 0 spiro atoms. The minimum atomic E-state index is -1.26. The molecule has 2 aromatic rings. The van der Waals surface area contributed by atoms with Crippen LogP contribution in [0, 0.1) is 5.92 Å². The van der Waals surface area contributed by atoms with Gasteiger partial charge < -0.3 is 10.1 Å². The molecule has 0 radical (unpaired) electrons. The smallest absolute Gasteiger partial charge is 0.330 e. The number of carbonyl (C=O) groups is 4. The number of fused-ring (bicyclic) bond motifs is 1. The van der Waals surface area contributed by atoms with Gasteiger partial charge in [0.2, 0.25) is 0 Å². The van der Waals surface area contributed by atoms with Crippen LogP contribution in [-0.2, 0) is 14.3 Å². The Balaban J connectivity index is 1.81. The van der Waals surface area contributed by atoms with Crippen LogP contribution in [0.5, 0.6) is 0 Å². The van der Waals surface area contributed by atoms with E-state index < -0.39 is 42.3 Å². The van der Waals surface area contributed by atoms with E-state index in [1.165, 1.54) is 6.07 Å². The van der Waals surface area contributed by atoms with E-state index in [9.17, 15) is 19.2 Å². The first-order chi connectivity index (χ1) is 15.9. The van der Waals surface area contributed by atoms with E-state index >= 15 is 0 Å². The van der Waals surface area contributed by atoms with Crippen molar-refractivity contribution in [2.75, 3.05) is 11.9 Å². The van der Waals surface area contributed by atoms with Crippen molar-refractivity contribution < 1.29 is 23.9 Å². The molecular weight excluding hydrogens is 751 g/mol. The molecule has 1 unspecified atom stereocenters. The van der Waals surface area contributed by atoms with Crippen LogP contribution in [-0.4, -0.2) is 41.2 Å². The topological polar surface area (TPSA) is 92.8 Å². The number of rotatable bonds is 6. The predicted molar refractivity (Wildman–Crippen MR) is 142 cm³/mol. The molecule has 1 aliphatic rings. The molecule has 0 aliphatic carbocycles. The minimum absolute atomic E-state index is 0.110. The molecule has 13 heteroatoms. The summed E-state index contributed by atoms with van der Waals surface area (Å²) in [4.78, 5) is 52.6. The number of nitrogens with zero attached hydrogens (tertiary/aromatic N) is 1. The fourth-order valence-electron chi connectivity index (χ4n) is 3.30. The largest absolute Gasteiger partial charge is 0.454 e. The third-order valence-electron chi connectivity index (χ3n) is 4.85. The van der Waals surface area contributed by atoms with Gasteiger partial charge in [-0.15, -0.1) is 0 Å². The van der Waals surface area contributed by atoms with Gasteiger partial charge in [-0.2, -0.15) is 0 Å². The summed E-state index contributed by atoms with van der Waals surface area (Å²) in [6.45, 7) is 2.67. The first kappa shape index (κ1) is 27.6. The van der Waals surface area contributed by atoms with Crippen molar-refractivity contribution in [3.8, 4) is 0 Å². The third kappa shape index (κ3) is 5.10. The number of imide groups is 1. The maximum absolute atomic E-state index is 13.2. The molecule has 0 saturated heterocycles. The number of benzene rings is 2. The molecule has 34 heavy (non-hydrogen) atoms. The van der Waals surface area contributed by atoms with Gasteiger partial charge in [-0.05, 0) is 81.8 Å². The first-order valence-electron chi connectivity index (χ1n) is 9.52. The molecule has 0 saturated carbocycles. The number of carbonyl (C=O) groups excluding carboxylic acids is 4. The van der Waals surface area contributed by atoms with Gasteiger partial charge >= 0.3 is 5.97 Å². The van der Waals surface area contributed by atoms with E-state index in [1.807, 2.05) is 0 Å². The van der Waals surface area contributed by atoms with Gasteiger partial charge in [0.05, 0.1) is 26.9 Å². The average molecular weight is 765 g/mol. The fourth-order valence-corrected chi connectivity index (χ4v) is 6.11. The van der Waals surface area contributed by atoms with Gasteiger partial charge in [0, 0.05) is 17.9 Å². The van der Waals surface area contributed by atoms with Crippen LogP contribution >= 0.6 is 86.9 Å². The molecule has 1 aliphatic heterocycles. The first-order valence-corrected chi connectivity index (χ1v) is 13.5. The zero-order chi connectivity index (χ0) is 25.5. The van der Waals surface area contributed by atoms with Crippen molar-refractivity contribution in [2.45, 2.75) is 19.9 Å². The lowest BCUT2D eigenvalue weighted by molar-refractivity contribution is -0.152. The Labute approximate surface area is 238 Å². The predicted octanol–water partition coefficient (Wildman–Crippen LogP) is 6.85. The summed E-state index contributed by atoms with van der Waals surface area (Å²) in [6.07, 6.45) is 0. The quantitative estimate of drug-likeness (QED) is 0.151. The molecule has 1 N–H and O–H groups in total. The second-order valence-electron chi connectivity index (χ2n) is 7.43. The number of esters is 1. The van der Waals surface area contributed by atoms with Crippen molar-refractivity contribution in [1.82, 2.24) is 4.90 Å². The Morgan fingerprint density at radius 3 is 2.00 bits per heavy atom. The molecular formula is C21H14Br4Cl2N2O5. The summed E-state index contributed by atoms with van der Waals surface area (Å²) in [5.41, 5.74) is 0.472. The van der Waals surface area contributed by atoms with Gasteiger partial charge in [-0.1, -0.05) is 43.1 Å². The van der Waals surface area contributed by atoms with Crippen molar-refractivity contribution in [3.63, 3.8) is 0 Å². The van der Waals surface area contributed by atoms with E-state index in [2.05, 4.69) is 69.0 Å². The van der Waals surface area contributed by atoms with Gasteiger partial charge in [-0.3, -0.25) is 19.3 Å². The lowest BCUT2D eigenvalue weighted by atomic mass is 10.0. The van der Waals surface area contributed by atoms with Crippen LogP contribution in [0.1, 0.15) is 34.6 Å². The summed E-state index contributed by atoms with van der Waals surface area (Å²) in [5, 5.41) is 2.89. The van der Waals surface area contributed by atoms with Crippen LogP contribution in [0.3, 0.4) is 0 Å². The number of ether oxygens (including phenoxy) is 1. The van der Waals surface area contributed by atoms with E-state index in [-0.39, 0.29) is 26.9 Å². The van der Waals surface area contributed by atoms with Crippen LogP contribution < -0.4 is 5.32 Å². The fraction of sp³-hybridized carbons (Fsp3) is 0.238. The highest BCUT2D eigenvalue weighted by Crippen LogP contribution is 2.46. The molecule has 0 fully saturated rings. The maximum Gasteiger partial charge on any atom is 0.330 e. The third-order valence-corrected chi connectivity index (χ3v) is 10.4. The molecule has 1 heterocycles. The zero-order valence-corrected chi connectivity index (χ0v) is 25.2. The Morgan fingerprint density at radius 2 is 1.50 bits per heavy atom. The second kappa shape index (κ2) is 11.0. The highest BCUT2D eigenvalue weighted by atomic mass is 79.9. The molecule has 180 valence electrons. The summed E-state index contributed by atoms with van der Waals surface area (Å²) in [6, 6.07) is 3.43. The van der Waals surface area contributed by atoms with Crippen LogP contribution in [0.15, 0.2) is 36.1 Å². The highest BCUT2D eigenvalue weighted by Gasteiger charge is 2.47. The number of amides is 3. The van der Waals surface area contributed by atoms with Gasteiger partial charge in [0.25, 0.3) is 17.7 Å². The van der Waals surface area contributed by atoms with Crippen molar-refractivity contribution in [3.05, 3.63) is 57.3 Å². The summed E-state index contributed by atoms with van der Waals surface area (Å²) < 4.78 is 6.96. The Morgan fingerprint density at radius 1 is 0.971 bits per heavy atom. The highest BCUT2D eigenvalue weighted by molar-refractivity contribution is 9.15. The standard InChI is InChI=1S/C21H14Br4Cl2N2O5/c1-7(2)18(21(33)34-6-10(30)28-9-5-3-4-8(26)17(9)27)29-19(31)11-12(20(29)32)14(23)16(25)15(24)13(11)22/h3-5,7,18H,6H2,1-2H3,(H,28,30). The normalized spacial score (nSPS) is 13.9. The van der Waals surface area contributed by atoms with E-state index in [0.717, 1.165) is 4.90 Å². The zero-order valence-electron chi connectivity index (χ0n) is 17.4. The van der Waals surface area contributed by atoms with E-state index in [4.69, 9.17) is 27.9 Å². The number of hydrogen-bond acceptors (Lipinski definition) is 5.